The zero-order valence-electron chi connectivity index (χ0n) is 23.0. The molecule has 3 heterocycles. The minimum Gasteiger partial charge on any atom is -0.487 e. The molecule has 15 nitrogen and oxygen atoms in total. The highest BCUT2D eigenvalue weighted by molar-refractivity contribution is 6.00. The molecule has 3 atom stereocenters. The van der Waals surface area contributed by atoms with Crippen LogP contribution in [0.2, 0.25) is 0 Å². The Morgan fingerprint density at radius 1 is 1.27 bits per heavy atom. The molecule has 0 saturated heterocycles. The number of rotatable bonds is 8. The van der Waals surface area contributed by atoms with Gasteiger partial charge in [0, 0.05) is 25.2 Å². The second kappa shape index (κ2) is 12.1. The number of ether oxygens (including phenoxy) is 1. The summed E-state index contributed by atoms with van der Waals surface area (Å²) in [7, 11) is 1.64. The fourth-order valence-corrected chi connectivity index (χ4v) is 4.34. The highest BCUT2D eigenvalue weighted by Gasteiger charge is 2.34. The number of aliphatic hydroxyl groups excluding tert-OH is 1. The van der Waals surface area contributed by atoms with E-state index in [2.05, 4.69) is 31.3 Å². The number of anilines is 2. The summed E-state index contributed by atoms with van der Waals surface area (Å²) in [6.07, 6.45) is 0.819. The Balaban J connectivity index is 1.56. The van der Waals surface area contributed by atoms with Crippen molar-refractivity contribution in [3.63, 3.8) is 0 Å². The van der Waals surface area contributed by atoms with Crippen LogP contribution in [-0.4, -0.2) is 97.0 Å². The van der Waals surface area contributed by atoms with E-state index in [-0.39, 0.29) is 55.6 Å². The predicted molar refractivity (Wildman–Crippen MR) is 142 cm³/mol. The lowest BCUT2D eigenvalue weighted by atomic mass is 9.99. The molecule has 0 fully saturated rings. The molecule has 4 rings (SSSR count). The Morgan fingerprint density at radius 3 is 2.70 bits per heavy atom. The van der Waals surface area contributed by atoms with Crippen LogP contribution in [0.5, 0.6) is 5.75 Å². The van der Waals surface area contributed by atoms with Crippen molar-refractivity contribution >= 4 is 29.2 Å². The number of aryl methyl sites for hydroxylation is 2. The van der Waals surface area contributed by atoms with Gasteiger partial charge in [-0.3, -0.25) is 9.59 Å². The first kappa shape index (κ1) is 28.5. The van der Waals surface area contributed by atoms with Gasteiger partial charge < -0.3 is 34.8 Å². The van der Waals surface area contributed by atoms with Crippen molar-refractivity contribution in [2.45, 2.75) is 46.4 Å². The van der Waals surface area contributed by atoms with E-state index in [4.69, 9.17) is 9.26 Å². The van der Waals surface area contributed by atoms with Crippen LogP contribution >= 0.6 is 0 Å². The minimum absolute atomic E-state index is 0.107. The van der Waals surface area contributed by atoms with Crippen molar-refractivity contribution in [2.75, 3.05) is 37.4 Å². The topological polar surface area (TPSA) is 181 Å². The lowest BCUT2D eigenvalue weighted by Crippen LogP contribution is -2.50. The third-order valence-corrected chi connectivity index (χ3v) is 6.71. The molecule has 1 aliphatic rings. The summed E-state index contributed by atoms with van der Waals surface area (Å²) in [6.45, 7) is 7.26. The van der Waals surface area contributed by atoms with E-state index < -0.39 is 12.1 Å². The maximum absolute atomic E-state index is 13.6. The average Bonchev–Trinajstić information content (AvgIpc) is 3.55. The van der Waals surface area contributed by atoms with Gasteiger partial charge in [0.1, 0.15) is 36.1 Å². The molecular weight excluding hydrogens is 522 g/mol. The van der Waals surface area contributed by atoms with Crippen LogP contribution in [0.25, 0.3) is 0 Å². The van der Waals surface area contributed by atoms with E-state index in [0.717, 1.165) is 0 Å². The molecule has 0 bridgehead atoms. The van der Waals surface area contributed by atoms with Crippen LogP contribution in [0.1, 0.15) is 35.7 Å². The smallest absolute Gasteiger partial charge is 0.321 e. The molecular formula is C25H33N9O6. The molecule has 1 aliphatic heterocycles. The maximum Gasteiger partial charge on any atom is 0.321 e. The van der Waals surface area contributed by atoms with E-state index in [9.17, 15) is 19.5 Å². The summed E-state index contributed by atoms with van der Waals surface area (Å²) < 4.78 is 12.7. The molecule has 2 aromatic heterocycles. The number of hydrogen-bond donors (Lipinski definition) is 3. The van der Waals surface area contributed by atoms with Crippen molar-refractivity contribution in [1.29, 1.82) is 0 Å². The number of likely N-dealkylation sites (N-methyl/N-ethyl adjacent to an activating group) is 1. The van der Waals surface area contributed by atoms with Crippen molar-refractivity contribution in [3.05, 3.63) is 41.5 Å². The molecule has 0 spiro atoms. The van der Waals surface area contributed by atoms with E-state index in [1.807, 2.05) is 6.92 Å². The standard InChI is InChI=1S/C25H33N9O6/c1-14-9-34(15(2)12-35)24(37)19-8-18(27-22(36)11-33-13-26-30-31-33)6-7-20(19)39-21(14)10-32(5)25(38)28-23-16(3)29-40-17(23)4/h6-8,13-15,21,35H,9-12H2,1-5H3,(H,27,36)(H,28,38)/t14-,15-,21-/m0/s1. The van der Waals surface area contributed by atoms with Gasteiger partial charge in [-0.05, 0) is 49.4 Å². The van der Waals surface area contributed by atoms with Gasteiger partial charge in [0.25, 0.3) is 5.91 Å². The van der Waals surface area contributed by atoms with Gasteiger partial charge in [0.05, 0.1) is 24.8 Å². The van der Waals surface area contributed by atoms with Gasteiger partial charge >= 0.3 is 6.03 Å². The van der Waals surface area contributed by atoms with Crippen LogP contribution in [0.4, 0.5) is 16.2 Å². The average molecular weight is 556 g/mol. The number of benzene rings is 1. The van der Waals surface area contributed by atoms with E-state index in [1.54, 1.807) is 44.9 Å². The van der Waals surface area contributed by atoms with Gasteiger partial charge in [-0.25, -0.2) is 9.48 Å². The quantitative estimate of drug-likeness (QED) is 0.366. The summed E-state index contributed by atoms with van der Waals surface area (Å²) in [5.74, 6) is -0.130. The van der Waals surface area contributed by atoms with Gasteiger partial charge in [-0.1, -0.05) is 12.1 Å². The van der Waals surface area contributed by atoms with Crippen molar-refractivity contribution in [3.8, 4) is 5.75 Å². The number of urea groups is 1. The van der Waals surface area contributed by atoms with Crippen molar-refractivity contribution < 1.29 is 28.8 Å². The number of nitrogens with zero attached hydrogens (tertiary/aromatic N) is 7. The second-order valence-corrected chi connectivity index (χ2v) is 9.90. The predicted octanol–water partition coefficient (Wildman–Crippen LogP) is 1.30. The molecule has 214 valence electrons. The Bertz CT molecular complexity index is 1340. The number of carbonyl (C=O) groups is 3. The Labute approximate surface area is 230 Å². The number of aliphatic hydroxyl groups is 1. The molecule has 40 heavy (non-hydrogen) atoms. The summed E-state index contributed by atoms with van der Waals surface area (Å²) >= 11 is 0. The number of hydrogen-bond acceptors (Lipinski definition) is 10. The van der Waals surface area contributed by atoms with Crippen LogP contribution in [0, 0.1) is 19.8 Å². The number of amides is 4. The summed E-state index contributed by atoms with van der Waals surface area (Å²) in [6, 6.07) is 3.93. The Kier molecular flexibility index (Phi) is 8.62. The number of carbonyl (C=O) groups excluding carboxylic acids is 3. The fraction of sp³-hybridized carbons (Fsp3) is 0.480. The summed E-state index contributed by atoms with van der Waals surface area (Å²) in [5, 5.41) is 30.0. The highest BCUT2D eigenvalue weighted by atomic mass is 16.5. The fourth-order valence-electron chi connectivity index (χ4n) is 4.34. The number of tetrazole rings is 1. The van der Waals surface area contributed by atoms with E-state index >= 15 is 0 Å². The SMILES string of the molecule is Cc1noc(C)c1NC(=O)N(C)C[C@@H]1Oc2ccc(NC(=O)Cn3cnnn3)cc2C(=O)N([C@@H](C)CO)C[C@@H]1C. The Morgan fingerprint density at radius 2 is 2.05 bits per heavy atom. The first-order valence-electron chi connectivity index (χ1n) is 12.8. The van der Waals surface area contributed by atoms with Crippen LogP contribution in [-0.2, 0) is 11.3 Å². The third kappa shape index (κ3) is 6.36. The lowest BCUT2D eigenvalue weighted by molar-refractivity contribution is -0.116. The van der Waals surface area contributed by atoms with Crippen LogP contribution in [0.15, 0.2) is 29.0 Å². The lowest BCUT2D eigenvalue weighted by Gasteiger charge is -2.38. The molecule has 3 aromatic rings. The van der Waals surface area contributed by atoms with E-state index in [0.29, 0.717) is 28.6 Å². The maximum atomic E-state index is 13.6. The molecule has 4 amide bonds. The molecule has 0 aliphatic carbocycles. The van der Waals surface area contributed by atoms with Crippen LogP contribution in [0.3, 0.4) is 0 Å². The Hall–Kier alpha value is -4.53. The molecule has 0 saturated carbocycles. The molecule has 3 N–H and O–H groups in total. The van der Waals surface area contributed by atoms with Gasteiger partial charge in [0.15, 0.2) is 5.76 Å². The first-order valence-corrected chi connectivity index (χ1v) is 12.8. The monoisotopic (exact) mass is 555 g/mol. The second-order valence-electron chi connectivity index (χ2n) is 9.90. The summed E-state index contributed by atoms with van der Waals surface area (Å²) in [4.78, 5) is 42.1. The number of aromatic nitrogens is 5. The highest BCUT2D eigenvalue weighted by Crippen LogP contribution is 2.31. The zero-order chi connectivity index (χ0) is 29.0. The summed E-state index contributed by atoms with van der Waals surface area (Å²) in [5.41, 5.74) is 1.68. The largest absolute Gasteiger partial charge is 0.487 e. The van der Waals surface area contributed by atoms with Crippen molar-refractivity contribution in [1.82, 2.24) is 35.2 Å². The number of fused-ring (bicyclic) bond motifs is 1. The van der Waals surface area contributed by atoms with Gasteiger partial charge in [-0.15, -0.1) is 5.10 Å². The minimum atomic E-state index is -0.499. The third-order valence-electron chi connectivity index (χ3n) is 6.71. The first-order chi connectivity index (χ1) is 19.1. The number of nitrogens with one attached hydrogen (secondary N) is 2. The van der Waals surface area contributed by atoms with E-state index in [1.165, 1.54) is 22.0 Å². The van der Waals surface area contributed by atoms with Crippen LogP contribution < -0.4 is 15.4 Å². The molecule has 15 heteroatoms. The van der Waals surface area contributed by atoms with Gasteiger partial charge in [-0.2, -0.15) is 0 Å². The molecule has 0 unspecified atom stereocenters. The zero-order valence-corrected chi connectivity index (χ0v) is 23.0. The normalized spacial score (nSPS) is 17.8. The molecule has 0 radical (unpaired) electrons. The molecule has 1 aromatic carbocycles. The van der Waals surface area contributed by atoms with Gasteiger partial charge in [0.2, 0.25) is 5.91 Å². The van der Waals surface area contributed by atoms with Crippen molar-refractivity contribution in [2.24, 2.45) is 5.92 Å².